The maximum absolute atomic E-state index is 13.4. The number of carbonyl (C=O) groups is 1. The Morgan fingerprint density at radius 1 is 0.864 bits per heavy atom. The monoisotopic (exact) mass is 380 g/mol. The van der Waals surface area contributed by atoms with Gasteiger partial charge in [-0.15, -0.1) is 0 Å². The molecule has 0 fully saturated rings. The highest BCUT2D eigenvalue weighted by molar-refractivity contribution is 9.10. The Bertz CT molecular complexity index is 702. The first-order valence-electron chi connectivity index (χ1n) is 5.76. The van der Waals surface area contributed by atoms with Gasteiger partial charge in [0.1, 0.15) is 6.61 Å². The molecule has 0 N–H and O–H groups in total. The standard InChI is InChI=1S/C14H6BrF5O2/c15-7-3-1-6(2-4-7)14(21)22-5-8-9(16)11(18)13(20)12(19)10(8)17/h1-4H,5H2. The number of ether oxygens (including phenoxy) is 1. The number of rotatable bonds is 3. The van der Waals surface area contributed by atoms with Crippen LogP contribution in [0, 0.1) is 29.1 Å². The Morgan fingerprint density at radius 3 is 1.82 bits per heavy atom. The summed E-state index contributed by atoms with van der Waals surface area (Å²) >= 11 is 3.14. The third-order valence-electron chi connectivity index (χ3n) is 2.73. The van der Waals surface area contributed by atoms with Crippen molar-refractivity contribution in [1.29, 1.82) is 0 Å². The minimum atomic E-state index is -2.27. The minimum absolute atomic E-state index is 0.0621. The molecule has 0 aliphatic heterocycles. The van der Waals surface area contributed by atoms with Crippen LogP contribution in [-0.4, -0.2) is 5.97 Å². The maximum atomic E-state index is 13.4. The molecule has 0 aromatic heterocycles. The molecule has 8 heteroatoms. The van der Waals surface area contributed by atoms with E-state index in [0.717, 1.165) is 0 Å². The van der Waals surface area contributed by atoms with E-state index in [1.807, 2.05) is 0 Å². The zero-order chi connectivity index (χ0) is 16.4. The fraction of sp³-hybridized carbons (Fsp3) is 0.0714. The molecule has 2 rings (SSSR count). The molecule has 116 valence electrons. The summed E-state index contributed by atoms with van der Waals surface area (Å²) in [5, 5.41) is 0. The quantitative estimate of drug-likeness (QED) is 0.339. The van der Waals surface area contributed by atoms with E-state index in [9.17, 15) is 26.7 Å². The van der Waals surface area contributed by atoms with Crippen LogP contribution in [0.15, 0.2) is 28.7 Å². The number of benzene rings is 2. The summed E-state index contributed by atoms with van der Waals surface area (Å²) in [7, 11) is 0. The fourth-order valence-corrected chi connectivity index (χ4v) is 1.85. The first kappa shape index (κ1) is 16.4. The highest BCUT2D eigenvalue weighted by Gasteiger charge is 2.26. The van der Waals surface area contributed by atoms with Crippen LogP contribution in [0.25, 0.3) is 0 Å². The van der Waals surface area contributed by atoms with Gasteiger partial charge in [0.15, 0.2) is 23.3 Å². The molecule has 0 atom stereocenters. The van der Waals surface area contributed by atoms with E-state index in [1.165, 1.54) is 24.3 Å². The van der Waals surface area contributed by atoms with E-state index in [1.54, 1.807) is 0 Å². The highest BCUT2D eigenvalue weighted by Crippen LogP contribution is 2.24. The Kier molecular flexibility index (Phi) is 4.80. The summed E-state index contributed by atoms with van der Waals surface area (Å²) in [6.45, 7) is -1.08. The van der Waals surface area contributed by atoms with Crippen LogP contribution in [0.3, 0.4) is 0 Å². The average Bonchev–Trinajstić information content (AvgIpc) is 2.51. The number of hydrogen-bond acceptors (Lipinski definition) is 2. The predicted molar refractivity (Wildman–Crippen MR) is 69.5 cm³/mol. The zero-order valence-electron chi connectivity index (χ0n) is 10.6. The fourth-order valence-electron chi connectivity index (χ4n) is 1.58. The molecule has 2 aromatic rings. The molecule has 0 spiro atoms. The van der Waals surface area contributed by atoms with E-state index in [4.69, 9.17) is 0 Å². The van der Waals surface area contributed by atoms with Gasteiger partial charge in [0, 0.05) is 4.47 Å². The van der Waals surface area contributed by atoms with Crippen molar-refractivity contribution in [3.05, 3.63) is 69.0 Å². The van der Waals surface area contributed by atoms with Gasteiger partial charge in [-0.05, 0) is 24.3 Å². The van der Waals surface area contributed by atoms with E-state index < -0.39 is 47.2 Å². The van der Waals surface area contributed by atoms with E-state index >= 15 is 0 Å². The Hall–Kier alpha value is -1.96. The van der Waals surface area contributed by atoms with Gasteiger partial charge in [-0.1, -0.05) is 15.9 Å². The molecule has 0 bridgehead atoms. The van der Waals surface area contributed by atoms with Gasteiger partial charge in [-0.2, -0.15) is 0 Å². The molecule has 0 heterocycles. The van der Waals surface area contributed by atoms with E-state index in [2.05, 4.69) is 20.7 Å². The third kappa shape index (κ3) is 3.11. The second-order valence-electron chi connectivity index (χ2n) is 4.13. The number of hydrogen-bond donors (Lipinski definition) is 0. The van der Waals surface area contributed by atoms with Crippen LogP contribution >= 0.6 is 15.9 Å². The normalized spacial score (nSPS) is 10.6. The summed E-state index contributed by atoms with van der Waals surface area (Å²) in [4.78, 5) is 11.6. The lowest BCUT2D eigenvalue weighted by atomic mass is 10.2. The lowest BCUT2D eigenvalue weighted by Crippen LogP contribution is -2.11. The van der Waals surface area contributed by atoms with Gasteiger partial charge in [-0.25, -0.2) is 26.7 Å². The summed E-state index contributed by atoms with van der Waals surface area (Å²) in [6.07, 6.45) is 0. The van der Waals surface area contributed by atoms with Crippen LogP contribution in [0.1, 0.15) is 15.9 Å². The van der Waals surface area contributed by atoms with Crippen molar-refractivity contribution >= 4 is 21.9 Å². The molecule has 2 nitrogen and oxygen atoms in total. The van der Waals surface area contributed by atoms with Gasteiger partial charge in [0.05, 0.1) is 11.1 Å². The summed E-state index contributed by atoms with van der Waals surface area (Å²) in [5.41, 5.74) is -1.14. The van der Waals surface area contributed by atoms with Gasteiger partial charge < -0.3 is 4.74 Å². The zero-order valence-corrected chi connectivity index (χ0v) is 12.2. The van der Waals surface area contributed by atoms with E-state index in [-0.39, 0.29) is 5.56 Å². The third-order valence-corrected chi connectivity index (χ3v) is 3.26. The van der Waals surface area contributed by atoms with Crippen molar-refractivity contribution in [1.82, 2.24) is 0 Å². The topological polar surface area (TPSA) is 26.3 Å². The largest absolute Gasteiger partial charge is 0.457 e. The van der Waals surface area contributed by atoms with Crippen LogP contribution in [-0.2, 0) is 11.3 Å². The maximum Gasteiger partial charge on any atom is 0.338 e. The Balaban J connectivity index is 2.22. The van der Waals surface area contributed by atoms with Gasteiger partial charge in [-0.3, -0.25) is 0 Å². The SMILES string of the molecule is O=C(OCc1c(F)c(F)c(F)c(F)c1F)c1ccc(Br)cc1. The van der Waals surface area contributed by atoms with Crippen LogP contribution in [0.4, 0.5) is 22.0 Å². The lowest BCUT2D eigenvalue weighted by Gasteiger charge is -2.09. The van der Waals surface area contributed by atoms with Crippen LogP contribution < -0.4 is 0 Å². The molecule has 0 aliphatic rings. The predicted octanol–water partition coefficient (Wildman–Crippen LogP) is 4.50. The smallest absolute Gasteiger partial charge is 0.338 e. The summed E-state index contributed by atoms with van der Waals surface area (Å²) in [6, 6.07) is 5.78. The van der Waals surface area contributed by atoms with Crippen molar-refractivity contribution in [2.45, 2.75) is 6.61 Å². The number of esters is 1. The van der Waals surface area contributed by atoms with Crippen LogP contribution in [0.2, 0.25) is 0 Å². The van der Waals surface area contributed by atoms with Crippen LogP contribution in [0.5, 0.6) is 0 Å². The number of carbonyl (C=O) groups excluding carboxylic acids is 1. The first-order chi connectivity index (χ1) is 10.3. The molecule has 0 amide bonds. The molecular weight excluding hydrogens is 375 g/mol. The van der Waals surface area contributed by atoms with Gasteiger partial charge in [0.25, 0.3) is 0 Å². The number of halogens is 6. The van der Waals surface area contributed by atoms with Crippen molar-refractivity contribution in [2.75, 3.05) is 0 Å². The Morgan fingerprint density at radius 2 is 1.32 bits per heavy atom. The second-order valence-corrected chi connectivity index (χ2v) is 5.05. The van der Waals surface area contributed by atoms with Crippen molar-refractivity contribution in [3.8, 4) is 0 Å². The molecule has 0 aliphatic carbocycles. The highest BCUT2D eigenvalue weighted by atomic mass is 79.9. The van der Waals surface area contributed by atoms with E-state index in [0.29, 0.717) is 4.47 Å². The first-order valence-corrected chi connectivity index (χ1v) is 6.55. The molecule has 0 saturated carbocycles. The second kappa shape index (κ2) is 6.43. The summed E-state index contributed by atoms with van der Waals surface area (Å²) < 4.78 is 70.9. The van der Waals surface area contributed by atoms with Crippen molar-refractivity contribution in [3.63, 3.8) is 0 Å². The van der Waals surface area contributed by atoms with Crippen molar-refractivity contribution in [2.24, 2.45) is 0 Å². The van der Waals surface area contributed by atoms with Crippen molar-refractivity contribution < 1.29 is 31.5 Å². The molecule has 2 aromatic carbocycles. The lowest BCUT2D eigenvalue weighted by molar-refractivity contribution is 0.0462. The van der Waals surface area contributed by atoms with Gasteiger partial charge >= 0.3 is 5.97 Å². The molecule has 0 radical (unpaired) electrons. The summed E-state index contributed by atoms with van der Waals surface area (Å²) in [5.74, 6) is -11.5. The molecule has 0 unspecified atom stereocenters. The van der Waals surface area contributed by atoms with Gasteiger partial charge in [0.2, 0.25) is 5.82 Å². The Labute approximate surface area is 129 Å². The molecular formula is C14H6BrF5O2. The average molecular weight is 381 g/mol. The molecule has 22 heavy (non-hydrogen) atoms. The minimum Gasteiger partial charge on any atom is -0.457 e. The molecule has 0 saturated heterocycles.